The highest BCUT2D eigenvalue weighted by atomic mass is 16.4. The second-order valence-corrected chi connectivity index (χ2v) is 4.36. The highest BCUT2D eigenvalue weighted by Gasteiger charge is 2.09. The van der Waals surface area contributed by atoms with Crippen LogP contribution in [0.4, 0.5) is 0 Å². The molecule has 0 aliphatic rings. The van der Waals surface area contributed by atoms with Crippen molar-refractivity contribution in [1.29, 1.82) is 0 Å². The van der Waals surface area contributed by atoms with Gasteiger partial charge in [-0.3, -0.25) is 4.79 Å². The number of aryl methyl sites for hydroxylation is 3. The second-order valence-electron chi connectivity index (χ2n) is 4.36. The normalized spacial score (nSPS) is 10.4. The first kappa shape index (κ1) is 13.0. The van der Waals surface area contributed by atoms with E-state index < -0.39 is 11.5 Å². The molecule has 0 amide bonds. The fourth-order valence-corrected chi connectivity index (χ4v) is 1.73. The second kappa shape index (κ2) is 5.48. The number of hydrogen-bond donors (Lipinski definition) is 2. The van der Waals surface area contributed by atoms with Crippen molar-refractivity contribution >= 4 is 5.97 Å². The predicted molar refractivity (Wildman–Crippen MR) is 70.4 cm³/mol. The third kappa shape index (κ3) is 3.28. The Labute approximate surface area is 110 Å². The average molecular weight is 258 g/mol. The molecule has 0 fully saturated rings. The van der Waals surface area contributed by atoms with Crippen LogP contribution in [-0.4, -0.2) is 21.0 Å². The van der Waals surface area contributed by atoms with Crippen LogP contribution in [0.25, 0.3) is 0 Å². The largest absolute Gasteiger partial charge is 0.477 e. The van der Waals surface area contributed by atoms with E-state index in [4.69, 9.17) is 5.11 Å². The number of aromatic nitrogens is 2. The molecule has 0 saturated heterocycles. The van der Waals surface area contributed by atoms with Crippen LogP contribution >= 0.6 is 0 Å². The lowest BCUT2D eigenvalue weighted by Crippen LogP contribution is -2.20. The molecule has 98 valence electrons. The van der Waals surface area contributed by atoms with Crippen molar-refractivity contribution in [1.82, 2.24) is 9.97 Å². The van der Waals surface area contributed by atoms with Gasteiger partial charge in [-0.15, -0.1) is 0 Å². The van der Waals surface area contributed by atoms with E-state index >= 15 is 0 Å². The Kier molecular flexibility index (Phi) is 3.75. The third-order valence-electron chi connectivity index (χ3n) is 2.85. The molecule has 0 aliphatic carbocycles. The minimum atomic E-state index is -1.26. The Morgan fingerprint density at radius 2 is 1.95 bits per heavy atom. The molecule has 0 unspecified atom stereocenters. The van der Waals surface area contributed by atoms with Gasteiger partial charge in [-0.25, -0.2) is 9.78 Å². The minimum Gasteiger partial charge on any atom is -0.477 e. The van der Waals surface area contributed by atoms with Crippen LogP contribution in [0.1, 0.15) is 27.3 Å². The van der Waals surface area contributed by atoms with Gasteiger partial charge in [0.2, 0.25) is 0 Å². The van der Waals surface area contributed by atoms with Gasteiger partial charge in [-0.05, 0) is 18.9 Å². The van der Waals surface area contributed by atoms with E-state index in [-0.39, 0.29) is 5.56 Å². The van der Waals surface area contributed by atoms with Gasteiger partial charge in [0.1, 0.15) is 11.4 Å². The van der Waals surface area contributed by atoms with Gasteiger partial charge in [0.05, 0.1) is 0 Å². The number of benzene rings is 1. The molecule has 2 rings (SSSR count). The highest BCUT2D eigenvalue weighted by molar-refractivity contribution is 5.86. The first-order valence-electron chi connectivity index (χ1n) is 5.93. The zero-order valence-electron chi connectivity index (χ0n) is 10.5. The summed E-state index contributed by atoms with van der Waals surface area (Å²) in [4.78, 5) is 28.6. The van der Waals surface area contributed by atoms with Gasteiger partial charge < -0.3 is 10.1 Å². The summed E-state index contributed by atoms with van der Waals surface area (Å²) in [5.74, 6) is -0.769. The van der Waals surface area contributed by atoms with Crippen molar-refractivity contribution in [3.63, 3.8) is 0 Å². The Balaban J connectivity index is 2.08. The van der Waals surface area contributed by atoms with Gasteiger partial charge >= 0.3 is 5.97 Å². The molecule has 0 spiro atoms. The standard InChI is InChI=1S/C14H14N2O3/c1-9-2-4-10(5-3-9)6-7-12-15-8-11(14(18)19)13(17)16-12/h2-5,8H,6-7H2,1H3,(H,18,19)(H,15,16,17). The highest BCUT2D eigenvalue weighted by Crippen LogP contribution is 2.06. The maximum absolute atomic E-state index is 11.5. The number of carbonyl (C=O) groups is 1. The van der Waals surface area contributed by atoms with E-state index in [9.17, 15) is 9.59 Å². The van der Waals surface area contributed by atoms with Crippen LogP contribution in [0.2, 0.25) is 0 Å². The lowest BCUT2D eigenvalue weighted by atomic mass is 10.1. The molecule has 1 heterocycles. The molecule has 0 bridgehead atoms. The minimum absolute atomic E-state index is 0.334. The summed E-state index contributed by atoms with van der Waals surface area (Å²) < 4.78 is 0. The molecule has 0 aliphatic heterocycles. The van der Waals surface area contributed by atoms with Crippen molar-refractivity contribution < 1.29 is 9.90 Å². The van der Waals surface area contributed by atoms with Crippen molar-refractivity contribution in [2.75, 3.05) is 0 Å². The van der Waals surface area contributed by atoms with Crippen LogP contribution in [0.3, 0.4) is 0 Å². The topological polar surface area (TPSA) is 83.0 Å². The smallest absolute Gasteiger partial charge is 0.342 e. The number of H-pyrrole nitrogens is 1. The number of aromatic amines is 1. The zero-order chi connectivity index (χ0) is 13.8. The zero-order valence-corrected chi connectivity index (χ0v) is 10.5. The van der Waals surface area contributed by atoms with Gasteiger partial charge in [-0.2, -0.15) is 0 Å². The quantitative estimate of drug-likeness (QED) is 0.871. The molecule has 0 saturated carbocycles. The molecule has 5 nitrogen and oxygen atoms in total. The number of aromatic carboxylic acids is 1. The Morgan fingerprint density at radius 3 is 2.53 bits per heavy atom. The van der Waals surface area contributed by atoms with Crippen LogP contribution in [0.5, 0.6) is 0 Å². The number of rotatable bonds is 4. The summed E-state index contributed by atoms with van der Waals surface area (Å²) in [6.07, 6.45) is 2.42. The first-order chi connectivity index (χ1) is 9.06. The Hall–Kier alpha value is -2.43. The fraction of sp³-hybridized carbons (Fsp3) is 0.214. The summed E-state index contributed by atoms with van der Waals surface area (Å²) in [6.45, 7) is 2.02. The first-order valence-corrected chi connectivity index (χ1v) is 5.93. The molecule has 2 N–H and O–H groups in total. The van der Waals surface area contributed by atoms with Crippen LogP contribution in [0.15, 0.2) is 35.3 Å². The third-order valence-corrected chi connectivity index (χ3v) is 2.85. The van der Waals surface area contributed by atoms with Gasteiger partial charge in [-0.1, -0.05) is 29.8 Å². The Bertz CT molecular complexity index is 644. The monoisotopic (exact) mass is 258 g/mol. The molecule has 19 heavy (non-hydrogen) atoms. The van der Waals surface area contributed by atoms with Gasteiger partial charge in [0.25, 0.3) is 5.56 Å². The number of nitrogens with zero attached hydrogens (tertiary/aromatic N) is 1. The molecule has 1 aromatic carbocycles. The lowest BCUT2D eigenvalue weighted by molar-refractivity contribution is 0.0694. The number of carboxylic acid groups (broad SMARTS) is 1. The van der Waals surface area contributed by atoms with Crippen LogP contribution in [0, 0.1) is 6.92 Å². The number of hydrogen-bond acceptors (Lipinski definition) is 3. The van der Waals surface area contributed by atoms with E-state index in [0.29, 0.717) is 12.2 Å². The average Bonchev–Trinajstić information content (AvgIpc) is 2.37. The molecule has 0 atom stereocenters. The summed E-state index contributed by atoms with van der Waals surface area (Å²) >= 11 is 0. The van der Waals surface area contributed by atoms with Gasteiger partial charge in [0, 0.05) is 12.6 Å². The van der Waals surface area contributed by atoms with Crippen molar-refractivity contribution in [2.45, 2.75) is 19.8 Å². The van der Waals surface area contributed by atoms with E-state index in [1.165, 1.54) is 5.56 Å². The summed E-state index contributed by atoms with van der Waals surface area (Å²) in [6, 6.07) is 8.11. The maximum atomic E-state index is 11.5. The fourth-order valence-electron chi connectivity index (χ4n) is 1.73. The van der Waals surface area contributed by atoms with E-state index in [1.807, 2.05) is 31.2 Å². The van der Waals surface area contributed by atoms with Crippen molar-refractivity contribution in [3.05, 3.63) is 63.3 Å². The number of carboxylic acids is 1. The van der Waals surface area contributed by atoms with Crippen molar-refractivity contribution in [2.24, 2.45) is 0 Å². The van der Waals surface area contributed by atoms with E-state index in [0.717, 1.165) is 18.2 Å². The molecular weight excluding hydrogens is 244 g/mol. The van der Waals surface area contributed by atoms with Gasteiger partial charge in [0.15, 0.2) is 0 Å². The van der Waals surface area contributed by atoms with Crippen molar-refractivity contribution in [3.8, 4) is 0 Å². The summed E-state index contributed by atoms with van der Waals surface area (Å²) in [5, 5.41) is 8.73. The predicted octanol–water partition coefficient (Wildman–Crippen LogP) is 1.56. The lowest BCUT2D eigenvalue weighted by Gasteiger charge is -2.02. The molecular formula is C14H14N2O3. The summed E-state index contributed by atoms with van der Waals surface area (Å²) in [5.41, 5.74) is 1.40. The maximum Gasteiger partial charge on any atom is 0.342 e. The van der Waals surface area contributed by atoms with Crippen LogP contribution in [-0.2, 0) is 12.8 Å². The molecule has 5 heteroatoms. The Morgan fingerprint density at radius 1 is 1.26 bits per heavy atom. The SMILES string of the molecule is Cc1ccc(CCc2ncc(C(=O)O)c(=O)[nH]2)cc1. The number of nitrogens with one attached hydrogen (secondary N) is 1. The van der Waals surface area contributed by atoms with Crippen LogP contribution < -0.4 is 5.56 Å². The molecule has 2 aromatic rings. The molecule has 1 aromatic heterocycles. The van der Waals surface area contributed by atoms with E-state index in [1.54, 1.807) is 0 Å². The van der Waals surface area contributed by atoms with E-state index in [2.05, 4.69) is 9.97 Å². The molecule has 0 radical (unpaired) electrons. The summed E-state index contributed by atoms with van der Waals surface area (Å²) in [7, 11) is 0.